The van der Waals surface area contributed by atoms with Crippen molar-refractivity contribution in [3.63, 3.8) is 0 Å². The van der Waals surface area contributed by atoms with Gasteiger partial charge in [0.05, 0.1) is 28.3 Å². The summed E-state index contributed by atoms with van der Waals surface area (Å²) in [6.07, 6.45) is 0. The Morgan fingerprint density at radius 3 is 2.48 bits per heavy atom. The van der Waals surface area contributed by atoms with Gasteiger partial charge >= 0.3 is 0 Å². The molecule has 2 aromatic carbocycles. The van der Waals surface area contributed by atoms with Gasteiger partial charge in [0.1, 0.15) is 5.75 Å². The first kappa shape index (κ1) is 14.7. The van der Waals surface area contributed by atoms with Crippen molar-refractivity contribution in [3.8, 4) is 5.75 Å². The highest BCUT2D eigenvalue weighted by molar-refractivity contribution is 6.35. The Bertz CT molecular complexity index is 831. The molecule has 116 valence electrons. The Morgan fingerprint density at radius 1 is 1.09 bits per heavy atom. The van der Waals surface area contributed by atoms with Crippen molar-refractivity contribution in [2.45, 2.75) is 6.92 Å². The van der Waals surface area contributed by atoms with Crippen molar-refractivity contribution < 1.29 is 19.2 Å². The van der Waals surface area contributed by atoms with Gasteiger partial charge in [0.2, 0.25) is 0 Å². The summed E-state index contributed by atoms with van der Waals surface area (Å²) in [5.41, 5.74) is 0.260. The second-order valence-electron chi connectivity index (χ2n) is 4.83. The predicted octanol–water partition coefficient (Wildman–Crippen LogP) is 2.79. The van der Waals surface area contributed by atoms with E-state index in [0.717, 1.165) is 11.0 Å². The normalized spacial score (nSPS) is 13.2. The smallest absolute Gasteiger partial charge is 0.270 e. The van der Waals surface area contributed by atoms with E-state index in [1.807, 2.05) is 0 Å². The summed E-state index contributed by atoms with van der Waals surface area (Å²) in [6.45, 7) is 2.17. The summed E-state index contributed by atoms with van der Waals surface area (Å²) >= 11 is 0. The van der Waals surface area contributed by atoms with E-state index in [1.54, 1.807) is 31.2 Å². The minimum atomic E-state index is -0.602. The van der Waals surface area contributed by atoms with Crippen LogP contribution in [-0.2, 0) is 0 Å². The Morgan fingerprint density at radius 2 is 1.78 bits per heavy atom. The average molecular weight is 312 g/mol. The minimum absolute atomic E-state index is 0.0236. The minimum Gasteiger partial charge on any atom is -0.492 e. The van der Waals surface area contributed by atoms with Crippen LogP contribution in [0.2, 0.25) is 0 Å². The average Bonchev–Trinajstić information content (AvgIpc) is 2.79. The molecule has 1 heterocycles. The van der Waals surface area contributed by atoms with E-state index < -0.39 is 16.7 Å². The number of nitro groups is 1. The first-order chi connectivity index (χ1) is 11.0. The molecular weight excluding hydrogens is 300 g/mol. The second-order valence-corrected chi connectivity index (χ2v) is 4.83. The molecule has 7 nitrogen and oxygen atoms in total. The van der Waals surface area contributed by atoms with Crippen LogP contribution in [0.1, 0.15) is 27.6 Å². The van der Waals surface area contributed by atoms with Crippen LogP contribution in [0.5, 0.6) is 5.75 Å². The lowest BCUT2D eigenvalue weighted by molar-refractivity contribution is -0.384. The number of benzene rings is 2. The molecule has 0 fully saturated rings. The Balaban J connectivity index is 2.09. The molecule has 2 aromatic rings. The largest absolute Gasteiger partial charge is 0.492 e. The molecule has 0 bridgehead atoms. The van der Waals surface area contributed by atoms with Crippen molar-refractivity contribution in [1.29, 1.82) is 0 Å². The zero-order valence-electron chi connectivity index (χ0n) is 12.2. The van der Waals surface area contributed by atoms with Gasteiger partial charge in [-0.1, -0.05) is 12.1 Å². The summed E-state index contributed by atoms with van der Waals surface area (Å²) < 4.78 is 5.45. The summed E-state index contributed by atoms with van der Waals surface area (Å²) in [4.78, 5) is 36.3. The predicted molar refractivity (Wildman–Crippen MR) is 81.8 cm³/mol. The molecule has 0 saturated carbocycles. The third-order valence-corrected chi connectivity index (χ3v) is 3.49. The zero-order valence-corrected chi connectivity index (χ0v) is 12.2. The molecule has 3 rings (SSSR count). The van der Waals surface area contributed by atoms with Gasteiger partial charge in [0.15, 0.2) is 0 Å². The maximum Gasteiger partial charge on any atom is 0.270 e. The number of fused-ring (bicyclic) bond motifs is 1. The Kier molecular flexibility index (Phi) is 3.53. The molecule has 1 aliphatic heterocycles. The number of rotatable bonds is 4. The number of carbonyl (C=O) groups is 2. The van der Waals surface area contributed by atoms with Crippen LogP contribution < -0.4 is 9.64 Å². The van der Waals surface area contributed by atoms with E-state index in [-0.39, 0.29) is 16.8 Å². The number of anilines is 1. The molecule has 0 aromatic heterocycles. The van der Waals surface area contributed by atoms with Crippen molar-refractivity contribution in [1.82, 2.24) is 0 Å². The third kappa shape index (κ3) is 2.32. The first-order valence-corrected chi connectivity index (χ1v) is 6.93. The fourth-order valence-corrected chi connectivity index (χ4v) is 2.48. The molecular formula is C16H12N2O5. The standard InChI is InChI=1S/C16H12N2O5/c1-2-23-14-6-4-3-5-13(14)17-15(19)11-8-7-10(18(21)22)9-12(11)16(17)20/h3-9H,2H2,1H3. The van der Waals surface area contributed by atoms with Crippen LogP contribution in [0.15, 0.2) is 42.5 Å². The van der Waals surface area contributed by atoms with Crippen molar-refractivity contribution >= 4 is 23.2 Å². The quantitative estimate of drug-likeness (QED) is 0.492. The van der Waals surface area contributed by atoms with Crippen molar-refractivity contribution in [2.24, 2.45) is 0 Å². The molecule has 0 atom stereocenters. The molecule has 1 aliphatic rings. The number of amides is 2. The molecule has 0 saturated heterocycles. The van der Waals surface area contributed by atoms with Crippen LogP contribution in [0.3, 0.4) is 0 Å². The number of hydrogen-bond donors (Lipinski definition) is 0. The summed E-state index contributed by atoms with van der Waals surface area (Å²) in [6, 6.07) is 10.3. The maximum atomic E-state index is 12.6. The number of non-ortho nitro benzene ring substituents is 1. The number of nitro benzene ring substituents is 1. The van der Waals surface area contributed by atoms with Crippen LogP contribution in [-0.4, -0.2) is 23.3 Å². The van der Waals surface area contributed by atoms with Gasteiger partial charge in [-0.05, 0) is 25.1 Å². The summed E-state index contributed by atoms with van der Waals surface area (Å²) in [5, 5.41) is 10.9. The van der Waals surface area contributed by atoms with Crippen LogP contribution in [0.4, 0.5) is 11.4 Å². The lowest BCUT2D eigenvalue weighted by Gasteiger charge is -2.17. The number of hydrogen-bond acceptors (Lipinski definition) is 5. The number of imide groups is 1. The first-order valence-electron chi connectivity index (χ1n) is 6.93. The lowest BCUT2D eigenvalue weighted by atomic mass is 10.1. The van der Waals surface area contributed by atoms with Gasteiger partial charge in [-0.3, -0.25) is 19.7 Å². The highest BCUT2D eigenvalue weighted by Crippen LogP contribution is 2.35. The third-order valence-electron chi connectivity index (χ3n) is 3.49. The fraction of sp³-hybridized carbons (Fsp3) is 0.125. The molecule has 0 aliphatic carbocycles. The summed E-state index contributed by atoms with van der Waals surface area (Å²) in [7, 11) is 0. The zero-order chi connectivity index (χ0) is 16.6. The van der Waals surface area contributed by atoms with E-state index >= 15 is 0 Å². The number of carbonyl (C=O) groups excluding carboxylic acids is 2. The molecule has 23 heavy (non-hydrogen) atoms. The topological polar surface area (TPSA) is 89.8 Å². The van der Waals surface area contributed by atoms with E-state index in [1.165, 1.54) is 12.1 Å². The molecule has 0 spiro atoms. The van der Waals surface area contributed by atoms with Gasteiger partial charge in [0.25, 0.3) is 17.5 Å². The lowest BCUT2D eigenvalue weighted by Crippen LogP contribution is -2.29. The van der Waals surface area contributed by atoms with Crippen molar-refractivity contribution in [2.75, 3.05) is 11.5 Å². The van der Waals surface area contributed by atoms with Crippen LogP contribution in [0.25, 0.3) is 0 Å². The van der Waals surface area contributed by atoms with Gasteiger partial charge in [-0.25, -0.2) is 4.90 Å². The van der Waals surface area contributed by atoms with Gasteiger partial charge in [-0.2, -0.15) is 0 Å². The SMILES string of the molecule is CCOc1ccccc1N1C(=O)c2ccc([N+](=O)[O-])cc2C1=O. The molecule has 0 unspecified atom stereocenters. The van der Waals surface area contributed by atoms with E-state index in [0.29, 0.717) is 18.0 Å². The molecule has 7 heteroatoms. The molecule has 0 N–H and O–H groups in total. The highest BCUT2D eigenvalue weighted by atomic mass is 16.6. The van der Waals surface area contributed by atoms with Gasteiger partial charge in [-0.15, -0.1) is 0 Å². The van der Waals surface area contributed by atoms with E-state index in [9.17, 15) is 19.7 Å². The second kappa shape index (κ2) is 5.53. The van der Waals surface area contributed by atoms with Gasteiger partial charge < -0.3 is 4.74 Å². The molecule has 2 amide bonds. The number of nitrogens with zero attached hydrogens (tertiary/aromatic N) is 2. The summed E-state index contributed by atoms with van der Waals surface area (Å²) in [5.74, 6) is -0.716. The Labute approximate surface area is 131 Å². The number of ether oxygens (including phenoxy) is 1. The van der Waals surface area contributed by atoms with Crippen LogP contribution >= 0.6 is 0 Å². The van der Waals surface area contributed by atoms with Crippen molar-refractivity contribution in [3.05, 3.63) is 63.7 Å². The maximum absolute atomic E-state index is 12.6. The van der Waals surface area contributed by atoms with E-state index in [4.69, 9.17) is 4.74 Å². The Hall–Kier alpha value is -3.22. The van der Waals surface area contributed by atoms with Gasteiger partial charge in [0, 0.05) is 12.1 Å². The number of para-hydroxylation sites is 2. The molecule has 0 radical (unpaired) electrons. The van der Waals surface area contributed by atoms with E-state index in [2.05, 4.69) is 0 Å². The van der Waals surface area contributed by atoms with Crippen LogP contribution in [0, 0.1) is 10.1 Å². The monoisotopic (exact) mass is 312 g/mol. The highest BCUT2D eigenvalue weighted by Gasteiger charge is 2.39. The fourth-order valence-electron chi connectivity index (χ4n) is 2.48.